The molecule has 0 unspecified atom stereocenters. The average molecular weight is 316 g/mol. The third-order valence-electron chi connectivity index (χ3n) is 3.89. The van der Waals surface area contributed by atoms with Crippen LogP contribution in [-0.2, 0) is 11.3 Å². The van der Waals surface area contributed by atoms with Crippen molar-refractivity contribution in [2.24, 2.45) is 5.73 Å². The van der Waals surface area contributed by atoms with Crippen molar-refractivity contribution in [1.29, 1.82) is 0 Å². The van der Waals surface area contributed by atoms with Crippen LogP contribution in [0.1, 0.15) is 24.1 Å². The molecule has 0 aliphatic carbocycles. The number of carbonyl (C=O) groups is 1. The predicted molar refractivity (Wildman–Crippen MR) is 88.9 cm³/mol. The number of hydrogen-bond acceptors (Lipinski definition) is 5. The smallest absolute Gasteiger partial charge is 0.223 e. The van der Waals surface area contributed by atoms with Crippen molar-refractivity contribution >= 4 is 22.4 Å². The van der Waals surface area contributed by atoms with E-state index in [1.807, 2.05) is 11.4 Å². The molecule has 1 fully saturated rings. The average Bonchev–Trinajstić information content (AvgIpc) is 3.06. The first-order valence-corrected chi connectivity index (χ1v) is 8.24. The van der Waals surface area contributed by atoms with Crippen LogP contribution in [0.5, 0.6) is 0 Å². The van der Waals surface area contributed by atoms with E-state index in [9.17, 15) is 4.79 Å². The molecule has 22 heavy (non-hydrogen) atoms. The summed E-state index contributed by atoms with van der Waals surface area (Å²) in [6, 6.07) is 10.6. The van der Waals surface area contributed by atoms with Crippen molar-refractivity contribution in [3.05, 3.63) is 47.0 Å². The first kappa shape index (κ1) is 15.1. The van der Waals surface area contributed by atoms with Crippen LogP contribution in [0.4, 0.5) is 5.13 Å². The summed E-state index contributed by atoms with van der Waals surface area (Å²) in [4.78, 5) is 17.8. The molecule has 116 valence electrons. The van der Waals surface area contributed by atoms with Crippen LogP contribution in [0.2, 0.25) is 0 Å². The van der Waals surface area contributed by atoms with Gasteiger partial charge in [-0.1, -0.05) is 30.3 Å². The molecular formula is C16H20N4OS. The number of anilines is 1. The molecule has 3 N–H and O–H groups in total. The third-order valence-corrected chi connectivity index (χ3v) is 4.70. The number of aromatic nitrogens is 1. The lowest BCUT2D eigenvalue weighted by atomic mass is 9.95. The number of amides is 1. The molecule has 6 heteroatoms. The van der Waals surface area contributed by atoms with Gasteiger partial charge in [0, 0.05) is 43.9 Å². The molecule has 1 amide bonds. The number of rotatable bonds is 4. The Morgan fingerprint density at radius 3 is 2.91 bits per heavy atom. The van der Waals surface area contributed by atoms with Gasteiger partial charge in [0.15, 0.2) is 5.13 Å². The normalized spacial score (nSPS) is 21.9. The second kappa shape index (κ2) is 6.56. The van der Waals surface area contributed by atoms with Crippen LogP contribution in [0, 0.1) is 0 Å². The highest BCUT2D eigenvalue weighted by Gasteiger charge is 2.31. The Kier molecular flexibility index (Phi) is 4.52. The zero-order valence-corrected chi connectivity index (χ0v) is 13.3. The lowest BCUT2D eigenvalue weighted by Gasteiger charge is -2.15. The molecule has 1 aromatic heterocycles. The van der Waals surface area contributed by atoms with Crippen molar-refractivity contribution in [3.8, 4) is 0 Å². The quantitative estimate of drug-likeness (QED) is 0.905. The number of nitrogens with zero attached hydrogens (tertiary/aromatic N) is 2. The highest BCUT2D eigenvalue weighted by Crippen LogP contribution is 2.28. The standard InChI is InChI=1S/C16H20N4OS/c1-11(21)18-16-19-13(10-22-16)7-20-8-14(15(17)9-20)12-5-3-2-4-6-12/h2-6,10,14-15H,7-9,17H2,1H3,(H,18,19,21)/t14-,15+/m0/s1. The van der Waals surface area contributed by atoms with E-state index < -0.39 is 0 Å². The van der Waals surface area contributed by atoms with E-state index in [1.165, 1.54) is 23.8 Å². The van der Waals surface area contributed by atoms with Crippen molar-refractivity contribution in [2.45, 2.75) is 25.4 Å². The lowest BCUT2D eigenvalue weighted by molar-refractivity contribution is -0.114. The highest BCUT2D eigenvalue weighted by molar-refractivity contribution is 7.13. The maximum Gasteiger partial charge on any atom is 0.223 e. The minimum absolute atomic E-state index is 0.0896. The number of nitrogens with two attached hydrogens (primary N) is 1. The molecule has 0 spiro atoms. The van der Waals surface area contributed by atoms with Gasteiger partial charge in [0.05, 0.1) is 5.69 Å². The fourth-order valence-electron chi connectivity index (χ4n) is 2.91. The van der Waals surface area contributed by atoms with Gasteiger partial charge in [-0.05, 0) is 5.56 Å². The predicted octanol–water partition coefficient (Wildman–Crippen LogP) is 2.03. The molecule has 1 saturated heterocycles. The summed E-state index contributed by atoms with van der Waals surface area (Å²) in [5.41, 5.74) is 8.59. The van der Waals surface area contributed by atoms with E-state index in [0.29, 0.717) is 11.0 Å². The number of nitrogens with one attached hydrogen (secondary N) is 1. The maximum atomic E-state index is 11.0. The maximum absolute atomic E-state index is 11.0. The van der Waals surface area contributed by atoms with Gasteiger partial charge in [-0.25, -0.2) is 4.98 Å². The Bertz CT molecular complexity index is 643. The Labute approximate surface area is 134 Å². The van der Waals surface area contributed by atoms with Crippen LogP contribution in [-0.4, -0.2) is 34.9 Å². The molecule has 1 aliphatic rings. The lowest BCUT2D eigenvalue weighted by Crippen LogP contribution is -2.28. The van der Waals surface area contributed by atoms with Crippen LogP contribution < -0.4 is 11.1 Å². The van der Waals surface area contributed by atoms with E-state index in [-0.39, 0.29) is 11.9 Å². The van der Waals surface area contributed by atoms with Crippen molar-refractivity contribution in [3.63, 3.8) is 0 Å². The monoisotopic (exact) mass is 316 g/mol. The first-order chi connectivity index (χ1) is 10.6. The molecule has 2 aromatic rings. The number of thiazole rings is 1. The van der Waals surface area contributed by atoms with Crippen LogP contribution in [0.3, 0.4) is 0 Å². The summed E-state index contributed by atoms with van der Waals surface area (Å²) in [6.45, 7) is 4.07. The van der Waals surface area contributed by atoms with Crippen LogP contribution in [0.15, 0.2) is 35.7 Å². The Morgan fingerprint density at radius 2 is 2.18 bits per heavy atom. The molecule has 0 saturated carbocycles. The number of hydrogen-bond donors (Lipinski definition) is 2. The highest BCUT2D eigenvalue weighted by atomic mass is 32.1. The van der Waals surface area contributed by atoms with Crippen LogP contribution >= 0.6 is 11.3 Å². The third kappa shape index (κ3) is 3.52. The van der Waals surface area contributed by atoms with Gasteiger partial charge in [-0.2, -0.15) is 0 Å². The molecule has 0 bridgehead atoms. The molecular weight excluding hydrogens is 296 g/mol. The van der Waals surface area contributed by atoms with Gasteiger partial charge in [-0.3, -0.25) is 9.69 Å². The fourth-order valence-corrected chi connectivity index (χ4v) is 3.66. The summed E-state index contributed by atoms with van der Waals surface area (Å²) in [5, 5.41) is 5.37. The molecule has 3 rings (SSSR count). The zero-order valence-electron chi connectivity index (χ0n) is 12.5. The molecule has 2 heterocycles. The number of carbonyl (C=O) groups excluding carboxylic acids is 1. The molecule has 2 atom stereocenters. The van der Waals surface area contributed by atoms with Crippen molar-refractivity contribution in [1.82, 2.24) is 9.88 Å². The first-order valence-electron chi connectivity index (χ1n) is 7.36. The summed E-state index contributed by atoms with van der Waals surface area (Å²) in [5.74, 6) is 0.280. The van der Waals surface area contributed by atoms with E-state index in [2.05, 4.69) is 39.5 Å². The summed E-state index contributed by atoms with van der Waals surface area (Å²) in [6.07, 6.45) is 0. The second-order valence-corrected chi connectivity index (χ2v) is 6.56. The van der Waals surface area contributed by atoms with Crippen molar-refractivity contribution in [2.75, 3.05) is 18.4 Å². The molecule has 1 aromatic carbocycles. The minimum atomic E-state index is -0.0896. The number of benzene rings is 1. The molecule has 1 aliphatic heterocycles. The minimum Gasteiger partial charge on any atom is -0.326 e. The van der Waals surface area contributed by atoms with E-state index in [4.69, 9.17) is 5.73 Å². The Hall–Kier alpha value is -1.76. The second-order valence-electron chi connectivity index (χ2n) is 5.70. The Morgan fingerprint density at radius 1 is 1.41 bits per heavy atom. The molecule has 5 nitrogen and oxygen atoms in total. The van der Waals surface area contributed by atoms with E-state index >= 15 is 0 Å². The molecule has 0 radical (unpaired) electrons. The fraction of sp³-hybridized carbons (Fsp3) is 0.375. The van der Waals surface area contributed by atoms with Gasteiger partial charge in [0.1, 0.15) is 0 Å². The zero-order chi connectivity index (χ0) is 15.5. The van der Waals surface area contributed by atoms with Gasteiger partial charge >= 0.3 is 0 Å². The summed E-state index contributed by atoms with van der Waals surface area (Å²) >= 11 is 1.46. The van der Waals surface area contributed by atoms with E-state index in [0.717, 1.165) is 25.3 Å². The Balaban J connectivity index is 1.62. The summed E-state index contributed by atoms with van der Waals surface area (Å²) < 4.78 is 0. The largest absolute Gasteiger partial charge is 0.326 e. The van der Waals surface area contributed by atoms with Gasteiger partial charge in [0.2, 0.25) is 5.91 Å². The summed E-state index contributed by atoms with van der Waals surface area (Å²) in [7, 11) is 0. The van der Waals surface area contributed by atoms with Crippen molar-refractivity contribution < 1.29 is 4.79 Å². The van der Waals surface area contributed by atoms with Gasteiger partial charge < -0.3 is 11.1 Å². The number of likely N-dealkylation sites (tertiary alicyclic amines) is 1. The van der Waals surface area contributed by atoms with E-state index in [1.54, 1.807) is 0 Å². The van der Waals surface area contributed by atoms with Crippen LogP contribution in [0.25, 0.3) is 0 Å². The topological polar surface area (TPSA) is 71.2 Å². The van der Waals surface area contributed by atoms with Gasteiger partial charge in [-0.15, -0.1) is 11.3 Å². The SMILES string of the molecule is CC(=O)Nc1nc(CN2C[C@@H](N)[C@H](c3ccccc3)C2)cs1. The van der Waals surface area contributed by atoms with Gasteiger partial charge in [0.25, 0.3) is 0 Å².